The van der Waals surface area contributed by atoms with Crippen LogP contribution in [0.25, 0.3) is 0 Å². The Morgan fingerprint density at radius 1 is 1.47 bits per heavy atom. The maximum absolute atomic E-state index is 11.0. The Kier molecular flexibility index (Phi) is 4.17. The minimum Gasteiger partial charge on any atom is -0.488 e. The van der Waals surface area contributed by atoms with E-state index in [-0.39, 0.29) is 39.9 Å². The first-order chi connectivity index (χ1) is 8.99. The zero-order valence-electron chi connectivity index (χ0n) is 9.78. The Morgan fingerprint density at radius 3 is 2.79 bits per heavy atom. The van der Waals surface area contributed by atoms with Gasteiger partial charge in [-0.15, -0.1) is 0 Å². The minimum absolute atomic E-state index is 0.0231. The number of rotatable bonds is 4. The van der Waals surface area contributed by atoms with Gasteiger partial charge in [-0.1, -0.05) is 23.2 Å². The largest absolute Gasteiger partial charge is 0.488 e. The maximum atomic E-state index is 11.0. The van der Waals surface area contributed by atoms with E-state index >= 15 is 0 Å². The highest BCUT2D eigenvalue weighted by atomic mass is 35.5. The number of hydrogen-bond donors (Lipinski definition) is 2. The van der Waals surface area contributed by atoms with Gasteiger partial charge in [-0.2, -0.15) is 0 Å². The van der Waals surface area contributed by atoms with Gasteiger partial charge in [0.05, 0.1) is 21.7 Å². The average molecular weight is 304 g/mol. The molecule has 0 aliphatic carbocycles. The number of ether oxygens (including phenoxy) is 1. The van der Waals surface area contributed by atoms with Gasteiger partial charge in [-0.3, -0.25) is 4.79 Å². The third-order valence-electron chi connectivity index (χ3n) is 2.79. The molecule has 1 atom stereocenters. The third-order valence-corrected chi connectivity index (χ3v) is 3.47. The van der Waals surface area contributed by atoms with Crippen molar-refractivity contribution in [1.29, 1.82) is 0 Å². The minimum atomic E-state index is -1.15. The molecule has 0 saturated carbocycles. The number of hydrogen-bond acceptors (Lipinski definition) is 3. The first-order valence-corrected chi connectivity index (χ1v) is 6.38. The maximum Gasteiger partial charge on any atom is 0.337 e. The van der Waals surface area contributed by atoms with Crippen LogP contribution in [-0.4, -0.2) is 29.6 Å². The van der Waals surface area contributed by atoms with Crippen molar-refractivity contribution in [2.45, 2.75) is 18.9 Å². The molecule has 0 radical (unpaired) electrons. The van der Waals surface area contributed by atoms with Crippen LogP contribution in [0.3, 0.4) is 0 Å². The predicted octanol–water partition coefficient (Wildman–Crippen LogP) is 2.35. The SMILES string of the molecule is O=C1CC[C@@H](COc2c(Cl)ccc(C(=O)O)c2Cl)N1. The first kappa shape index (κ1) is 14.0. The second-order valence-corrected chi connectivity index (χ2v) is 4.94. The molecule has 0 spiro atoms. The summed E-state index contributed by atoms with van der Waals surface area (Å²) in [6, 6.07) is 2.63. The standard InChI is InChI=1S/C12H11Cl2NO4/c13-8-3-2-7(12(17)18)10(14)11(8)19-5-6-1-4-9(16)15-6/h2-3,6H,1,4-5H2,(H,15,16)(H,17,18)/t6-/m0/s1. The fourth-order valence-corrected chi connectivity index (χ4v) is 2.38. The Balaban J connectivity index is 2.13. The molecule has 1 aromatic carbocycles. The molecule has 0 unspecified atom stereocenters. The molecule has 0 bridgehead atoms. The molecule has 1 amide bonds. The molecule has 1 aromatic rings. The van der Waals surface area contributed by atoms with Crippen molar-refractivity contribution in [3.05, 3.63) is 27.7 Å². The molecule has 1 saturated heterocycles. The van der Waals surface area contributed by atoms with Crippen LogP contribution >= 0.6 is 23.2 Å². The van der Waals surface area contributed by atoms with Gasteiger partial charge in [0.2, 0.25) is 5.91 Å². The number of carboxylic acid groups (broad SMARTS) is 1. The van der Waals surface area contributed by atoms with Crippen molar-refractivity contribution >= 4 is 35.1 Å². The normalized spacial score (nSPS) is 18.2. The topological polar surface area (TPSA) is 75.6 Å². The van der Waals surface area contributed by atoms with Gasteiger partial charge in [0, 0.05) is 6.42 Å². The molecule has 0 aromatic heterocycles. The molecule has 2 N–H and O–H groups in total. The number of carboxylic acids is 1. The first-order valence-electron chi connectivity index (χ1n) is 5.62. The zero-order chi connectivity index (χ0) is 14.0. The third kappa shape index (κ3) is 3.11. The summed E-state index contributed by atoms with van der Waals surface area (Å²) in [5.41, 5.74) is -0.0727. The lowest BCUT2D eigenvalue weighted by molar-refractivity contribution is -0.119. The Labute approximate surface area is 119 Å². The van der Waals surface area contributed by atoms with Crippen LogP contribution in [-0.2, 0) is 4.79 Å². The van der Waals surface area contributed by atoms with E-state index in [1.54, 1.807) is 0 Å². The highest BCUT2D eigenvalue weighted by molar-refractivity contribution is 6.39. The summed E-state index contributed by atoms with van der Waals surface area (Å²) in [5.74, 6) is -1.05. The van der Waals surface area contributed by atoms with E-state index in [4.69, 9.17) is 33.0 Å². The number of aromatic carboxylic acids is 1. The number of amides is 1. The summed E-state index contributed by atoms with van der Waals surface area (Å²) in [7, 11) is 0. The van der Waals surface area contributed by atoms with Gasteiger partial charge in [-0.25, -0.2) is 4.79 Å². The van der Waals surface area contributed by atoms with E-state index in [9.17, 15) is 9.59 Å². The molecular formula is C12H11Cl2NO4. The molecule has 5 nitrogen and oxygen atoms in total. The summed E-state index contributed by atoms with van der Waals surface area (Å²) in [6.07, 6.45) is 1.14. The van der Waals surface area contributed by atoms with Crippen LogP contribution in [0.5, 0.6) is 5.75 Å². The van der Waals surface area contributed by atoms with E-state index in [2.05, 4.69) is 5.32 Å². The van der Waals surface area contributed by atoms with Crippen molar-refractivity contribution in [2.24, 2.45) is 0 Å². The number of carbonyl (C=O) groups excluding carboxylic acids is 1. The summed E-state index contributed by atoms with van der Waals surface area (Å²) in [5, 5.41) is 11.9. The van der Waals surface area contributed by atoms with Crippen LogP contribution in [0.2, 0.25) is 10.0 Å². The molecule has 1 aliphatic heterocycles. The Hall–Kier alpha value is -1.46. The van der Waals surface area contributed by atoms with E-state index in [1.807, 2.05) is 0 Å². The Bertz CT molecular complexity index is 533. The number of benzene rings is 1. The van der Waals surface area contributed by atoms with Crippen LogP contribution < -0.4 is 10.1 Å². The lowest BCUT2D eigenvalue weighted by Gasteiger charge is -2.15. The summed E-state index contributed by atoms with van der Waals surface area (Å²) in [6.45, 7) is 0.203. The second kappa shape index (κ2) is 5.67. The fraction of sp³-hybridized carbons (Fsp3) is 0.333. The van der Waals surface area contributed by atoms with Crippen LogP contribution in [0.15, 0.2) is 12.1 Å². The lowest BCUT2D eigenvalue weighted by Crippen LogP contribution is -2.31. The summed E-state index contributed by atoms with van der Waals surface area (Å²) >= 11 is 11.9. The van der Waals surface area contributed by atoms with Gasteiger partial charge >= 0.3 is 5.97 Å². The number of nitrogens with one attached hydrogen (secondary N) is 1. The highest BCUT2D eigenvalue weighted by Crippen LogP contribution is 2.35. The Morgan fingerprint density at radius 2 is 2.21 bits per heavy atom. The smallest absolute Gasteiger partial charge is 0.337 e. The zero-order valence-corrected chi connectivity index (χ0v) is 11.3. The van der Waals surface area contributed by atoms with E-state index < -0.39 is 5.97 Å². The van der Waals surface area contributed by atoms with Gasteiger partial charge in [0.25, 0.3) is 0 Å². The van der Waals surface area contributed by atoms with Crippen molar-refractivity contribution in [3.8, 4) is 5.75 Å². The molecule has 19 heavy (non-hydrogen) atoms. The van der Waals surface area contributed by atoms with Gasteiger partial charge in [-0.05, 0) is 18.6 Å². The van der Waals surface area contributed by atoms with E-state index in [1.165, 1.54) is 12.1 Å². The number of halogens is 2. The lowest BCUT2D eigenvalue weighted by atomic mass is 10.2. The number of carbonyl (C=O) groups is 2. The van der Waals surface area contributed by atoms with E-state index in [0.29, 0.717) is 12.8 Å². The molecule has 7 heteroatoms. The molecule has 2 rings (SSSR count). The molecular weight excluding hydrogens is 293 g/mol. The molecule has 1 heterocycles. The highest BCUT2D eigenvalue weighted by Gasteiger charge is 2.23. The molecule has 102 valence electrons. The summed E-state index contributed by atoms with van der Waals surface area (Å²) < 4.78 is 5.45. The van der Waals surface area contributed by atoms with Gasteiger partial charge in [0.15, 0.2) is 5.75 Å². The molecule has 1 fully saturated rings. The van der Waals surface area contributed by atoms with Crippen molar-refractivity contribution in [1.82, 2.24) is 5.32 Å². The second-order valence-electron chi connectivity index (χ2n) is 4.16. The van der Waals surface area contributed by atoms with Crippen LogP contribution in [0, 0.1) is 0 Å². The predicted molar refractivity (Wildman–Crippen MR) is 70.1 cm³/mol. The monoisotopic (exact) mass is 303 g/mol. The van der Waals surface area contributed by atoms with Crippen molar-refractivity contribution in [3.63, 3.8) is 0 Å². The van der Waals surface area contributed by atoms with Crippen LogP contribution in [0.1, 0.15) is 23.2 Å². The van der Waals surface area contributed by atoms with Gasteiger partial charge < -0.3 is 15.2 Å². The molecule has 1 aliphatic rings. The van der Waals surface area contributed by atoms with Crippen molar-refractivity contribution < 1.29 is 19.4 Å². The quantitative estimate of drug-likeness (QED) is 0.895. The van der Waals surface area contributed by atoms with Crippen molar-refractivity contribution in [2.75, 3.05) is 6.61 Å². The van der Waals surface area contributed by atoms with E-state index in [0.717, 1.165) is 0 Å². The van der Waals surface area contributed by atoms with Gasteiger partial charge in [0.1, 0.15) is 6.61 Å². The summed E-state index contributed by atoms with van der Waals surface area (Å²) in [4.78, 5) is 22.0. The fourth-order valence-electron chi connectivity index (χ4n) is 1.82. The van der Waals surface area contributed by atoms with Crippen LogP contribution in [0.4, 0.5) is 0 Å². The average Bonchev–Trinajstić information content (AvgIpc) is 2.74.